The van der Waals surface area contributed by atoms with Crippen molar-refractivity contribution in [3.63, 3.8) is 0 Å². The smallest absolute Gasteiger partial charge is 0.410 e. The second-order valence-corrected chi connectivity index (χ2v) is 11.7. The van der Waals surface area contributed by atoms with Gasteiger partial charge in [-0.2, -0.15) is 4.98 Å². The number of hydrogen-bond donors (Lipinski definition) is 3. The van der Waals surface area contributed by atoms with Gasteiger partial charge in [0.25, 0.3) is 0 Å². The molecule has 41 heavy (non-hydrogen) atoms. The van der Waals surface area contributed by atoms with Gasteiger partial charge in [-0.3, -0.25) is 9.36 Å². The standard InChI is InChI=1S/C28H36F2N8O3/c1-28(2,3)41-27(40)37-13-5-6-17(15-37)33-25-32-14-21-24(36-25)38(18-11-9-16(10-12-18)23(31)39)26(34-21)35-22-19(29)7-4-8-20(22)30/h4,7-8,14,16-18H,5-6,9-13,15H2,1-3H3,(H2,31,39)(H,34,35)(H,32,33,36)/t16-,17-,18+/m1/s1. The quantitative estimate of drug-likeness (QED) is 0.381. The summed E-state index contributed by atoms with van der Waals surface area (Å²) in [6.07, 6.45) is 5.23. The van der Waals surface area contributed by atoms with Crippen LogP contribution in [0.1, 0.15) is 65.3 Å². The minimum Gasteiger partial charge on any atom is -0.444 e. The Labute approximate surface area is 236 Å². The van der Waals surface area contributed by atoms with E-state index in [0.717, 1.165) is 12.8 Å². The Morgan fingerprint density at radius 1 is 1.07 bits per heavy atom. The van der Waals surface area contributed by atoms with Gasteiger partial charge in [0, 0.05) is 31.1 Å². The number of rotatable bonds is 6. The van der Waals surface area contributed by atoms with Crippen molar-refractivity contribution in [2.24, 2.45) is 11.7 Å². The molecule has 0 radical (unpaired) electrons. The van der Waals surface area contributed by atoms with E-state index >= 15 is 0 Å². The lowest BCUT2D eigenvalue weighted by atomic mass is 9.85. The summed E-state index contributed by atoms with van der Waals surface area (Å²) in [5, 5.41) is 6.17. The van der Waals surface area contributed by atoms with Gasteiger partial charge in [0.2, 0.25) is 17.8 Å². The van der Waals surface area contributed by atoms with Gasteiger partial charge in [-0.05, 0) is 71.4 Å². The number of amides is 2. The average Bonchev–Trinajstić information content (AvgIpc) is 3.27. The number of piperidine rings is 1. The number of fused-ring (bicyclic) bond motifs is 1. The molecule has 0 spiro atoms. The number of imidazole rings is 1. The van der Waals surface area contributed by atoms with Crippen molar-refractivity contribution >= 4 is 40.7 Å². The maximum Gasteiger partial charge on any atom is 0.410 e. The van der Waals surface area contributed by atoms with Crippen LogP contribution in [0.25, 0.3) is 11.2 Å². The zero-order valence-electron chi connectivity index (χ0n) is 23.5. The number of benzene rings is 1. The molecule has 1 aliphatic carbocycles. The van der Waals surface area contributed by atoms with Crippen LogP contribution in [-0.2, 0) is 9.53 Å². The third-order valence-corrected chi connectivity index (χ3v) is 7.50. The van der Waals surface area contributed by atoms with Gasteiger partial charge in [0.15, 0.2) is 5.65 Å². The highest BCUT2D eigenvalue weighted by Crippen LogP contribution is 2.37. The number of likely N-dealkylation sites (tertiary alicyclic amines) is 1. The molecule has 1 aliphatic heterocycles. The van der Waals surface area contributed by atoms with Gasteiger partial charge in [0.05, 0.1) is 6.20 Å². The van der Waals surface area contributed by atoms with Crippen molar-refractivity contribution in [3.05, 3.63) is 36.0 Å². The maximum absolute atomic E-state index is 14.5. The monoisotopic (exact) mass is 570 g/mol. The van der Waals surface area contributed by atoms with E-state index in [9.17, 15) is 18.4 Å². The summed E-state index contributed by atoms with van der Waals surface area (Å²) < 4.78 is 36.5. The summed E-state index contributed by atoms with van der Waals surface area (Å²) in [7, 11) is 0. The summed E-state index contributed by atoms with van der Waals surface area (Å²) in [5.41, 5.74) is 5.58. The molecule has 1 saturated heterocycles. The number of hydrogen-bond acceptors (Lipinski definition) is 8. The number of carbonyl (C=O) groups is 2. The van der Waals surface area contributed by atoms with Crippen LogP contribution in [0.4, 0.5) is 31.2 Å². The van der Waals surface area contributed by atoms with Gasteiger partial charge in [0.1, 0.15) is 28.4 Å². The van der Waals surface area contributed by atoms with Crippen LogP contribution >= 0.6 is 0 Å². The van der Waals surface area contributed by atoms with E-state index in [1.165, 1.54) is 18.2 Å². The third kappa shape index (κ3) is 6.49. The summed E-state index contributed by atoms with van der Waals surface area (Å²) in [6.45, 7) is 6.55. The topological polar surface area (TPSA) is 140 Å². The fourth-order valence-corrected chi connectivity index (χ4v) is 5.51. The zero-order chi connectivity index (χ0) is 29.3. The normalized spacial score (nSPS) is 21.5. The Morgan fingerprint density at radius 3 is 2.44 bits per heavy atom. The van der Waals surface area contributed by atoms with E-state index in [2.05, 4.69) is 20.6 Å². The van der Waals surface area contributed by atoms with Crippen LogP contribution in [-0.4, -0.2) is 61.2 Å². The molecule has 11 nitrogen and oxygen atoms in total. The Kier molecular flexibility index (Phi) is 7.96. The van der Waals surface area contributed by atoms with Crippen molar-refractivity contribution in [3.8, 4) is 0 Å². The van der Waals surface area contributed by atoms with Crippen molar-refractivity contribution < 1.29 is 23.1 Å². The predicted molar refractivity (Wildman–Crippen MR) is 150 cm³/mol. The van der Waals surface area contributed by atoms with Crippen LogP contribution in [0.5, 0.6) is 0 Å². The molecule has 1 atom stereocenters. The number of carbonyl (C=O) groups excluding carboxylic acids is 2. The first-order chi connectivity index (χ1) is 19.5. The highest BCUT2D eigenvalue weighted by molar-refractivity contribution is 5.78. The molecule has 0 unspecified atom stereocenters. The summed E-state index contributed by atoms with van der Waals surface area (Å²) in [6, 6.07) is 3.41. The molecule has 13 heteroatoms. The SMILES string of the molecule is CC(C)(C)OC(=O)N1CCC[C@@H](Nc2ncc3nc(Nc4c(F)cccc4F)n([C@H]4CC[C@@H](C(N)=O)CC4)c3n2)C1. The fraction of sp³-hybridized carbons (Fsp3) is 0.536. The lowest BCUT2D eigenvalue weighted by Crippen LogP contribution is -2.47. The molecule has 1 saturated carbocycles. The number of halogens is 2. The largest absolute Gasteiger partial charge is 0.444 e. The number of primary amides is 1. The molecule has 4 N–H and O–H groups in total. The van der Waals surface area contributed by atoms with E-state index in [1.807, 2.05) is 25.3 Å². The lowest BCUT2D eigenvalue weighted by molar-refractivity contribution is -0.122. The van der Waals surface area contributed by atoms with Gasteiger partial charge >= 0.3 is 6.09 Å². The highest BCUT2D eigenvalue weighted by Gasteiger charge is 2.31. The summed E-state index contributed by atoms with van der Waals surface area (Å²) in [5.74, 6) is -1.46. The average molecular weight is 571 g/mol. The molecule has 2 amide bonds. The van der Waals surface area contributed by atoms with Crippen molar-refractivity contribution in [2.45, 2.75) is 77.0 Å². The van der Waals surface area contributed by atoms with Crippen molar-refractivity contribution in [2.75, 3.05) is 23.7 Å². The molecule has 2 fully saturated rings. The molecule has 220 valence electrons. The first kappa shape index (κ1) is 28.5. The number of aromatic nitrogens is 4. The predicted octanol–water partition coefficient (Wildman–Crippen LogP) is 4.88. The third-order valence-electron chi connectivity index (χ3n) is 7.50. The number of nitrogens with zero attached hydrogens (tertiary/aromatic N) is 5. The number of anilines is 3. The second kappa shape index (κ2) is 11.5. The Balaban J connectivity index is 1.43. The van der Waals surface area contributed by atoms with Gasteiger partial charge in [-0.15, -0.1) is 0 Å². The number of nitrogens with two attached hydrogens (primary N) is 1. The van der Waals surface area contributed by atoms with Gasteiger partial charge in [-0.1, -0.05) is 6.07 Å². The van der Waals surface area contributed by atoms with E-state index in [1.54, 1.807) is 11.1 Å². The molecule has 5 rings (SSSR count). The Bertz CT molecular complexity index is 1410. The first-order valence-electron chi connectivity index (χ1n) is 14.0. The van der Waals surface area contributed by atoms with E-state index in [-0.39, 0.29) is 41.6 Å². The van der Waals surface area contributed by atoms with Crippen LogP contribution in [0.15, 0.2) is 24.4 Å². The number of nitrogens with one attached hydrogen (secondary N) is 2. The molecule has 2 aromatic heterocycles. The molecule has 0 bridgehead atoms. The zero-order valence-corrected chi connectivity index (χ0v) is 23.5. The fourth-order valence-electron chi connectivity index (χ4n) is 5.51. The Morgan fingerprint density at radius 2 is 1.78 bits per heavy atom. The van der Waals surface area contributed by atoms with Crippen LogP contribution in [0.2, 0.25) is 0 Å². The van der Waals surface area contributed by atoms with Crippen LogP contribution < -0.4 is 16.4 Å². The van der Waals surface area contributed by atoms with Crippen molar-refractivity contribution in [1.82, 2.24) is 24.4 Å². The molecule has 3 aromatic rings. The molecular weight excluding hydrogens is 534 g/mol. The van der Waals surface area contributed by atoms with E-state index < -0.39 is 17.2 Å². The van der Waals surface area contributed by atoms with Crippen LogP contribution in [0, 0.1) is 17.6 Å². The number of ether oxygens (including phenoxy) is 1. The maximum atomic E-state index is 14.5. The highest BCUT2D eigenvalue weighted by atomic mass is 19.1. The van der Waals surface area contributed by atoms with Gasteiger partial charge < -0.3 is 26.0 Å². The minimum atomic E-state index is -0.749. The van der Waals surface area contributed by atoms with Crippen molar-refractivity contribution in [1.29, 1.82) is 0 Å². The van der Waals surface area contributed by atoms with E-state index in [0.29, 0.717) is 55.9 Å². The second-order valence-electron chi connectivity index (χ2n) is 11.7. The first-order valence-corrected chi connectivity index (χ1v) is 14.0. The number of para-hydroxylation sites is 1. The van der Waals surface area contributed by atoms with E-state index in [4.69, 9.17) is 15.5 Å². The molecular formula is C28H36F2N8O3. The molecule has 3 heterocycles. The Hall–Kier alpha value is -4.03. The molecule has 2 aliphatic rings. The molecule has 1 aromatic carbocycles. The summed E-state index contributed by atoms with van der Waals surface area (Å²) in [4.78, 5) is 39.8. The summed E-state index contributed by atoms with van der Waals surface area (Å²) >= 11 is 0. The van der Waals surface area contributed by atoms with Crippen LogP contribution in [0.3, 0.4) is 0 Å². The van der Waals surface area contributed by atoms with Gasteiger partial charge in [-0.25, -0.2) is 23.5 Å². The minimum absolute atomic E-state index is 0.0961. The lowest BCUT2D eigenvalue weighted by Gasteiger charge is -2.34.